The van der Waals surface area contributed by atoms with Crippen molar-refractivity contribution in [2.24, 2.45) is 0 Å². The zero-order valence-electron chi connectivity index (χ0n) is 19.3. The minimum atomic E-state index is 0.270. The highest BCUT2D eigenvalue weighted by Gasteiger charge is 2.20. The third kappa shape index (κ3) is 5.34. The molecular formula is C27H29ClN2O4. The molecule has 2 aliphatic heterocycles. The van der Waals surface area contributed by atoms with Crippen LogP contribution in [0.2, 0.25) is 5.02 Å². The summed E-state index contributed by atoms with van der Waals surface area (Å²) in [6, 6.07) is 20.2. The van der Waals surface area contributed by atoms with Gasteiger partial charge >= 0.3 is 0 Å². The van der Waals surface area contributed by atoms with Crippen LogP contribution in [0.5, 0.6) is 23.0 Å². The lowest BCUT2D eigenvalue weighted by atomic mass is 10.1. The zero-order valence-corrected chi connectivity index (χ0v) is 20.1. The quantitative estimate of drug-likeness (QED) is 0.451. The van der Waals surface area contributed by atoms with E-state index < -0.39 is 0 Å². The van der Waals surface area contributed by atoms with Gasteiger partial charge < -0.3 is 23.8 Å². The smallest absolute Gasteiger partial charge is 0.231 e. The van der Waals surface area contributed by atoms with Gasteiger partial charge in [-0.25, -0.2) is 0 Å². The standard InChI is InChI=1S/C27H29ClN2O4/c1-31-25-8-6-22(28)16-24(25)30-14-12-29(13-15-30)11-10-20-2-4-21(5-3-20)18-32-23-7-9-26-27(17-23)34-19-33-26/h2-9,16-17H,10-15,18-19H2,1H3. The molecule has 0 unspecified atom stereocenters. The number of hydrogen-bond donors (Lipinski definition) is 0. The largest absolute Gasteiger partial charge is 0.495 e. The van der Waals surface area contributed by atoms with E-state index in [0.717, 1.165) is 78.4 Å². The molecule has 1 saturated heterocycles. The van der Waals surface area contributed by atoms with Crippen LogP contribution in [-0.2, 0) is 13.0 Å². The molecule has 2 heterocycles. The van der Waals surface area contributed by atoms with Gasteiger partial charge in [0.15, 0.2) is 11.5 Å². The maximum Gasteiger partial charge on any atom is 0.231 e. The second kappa shape index (κ2) is 10.5. The van der Waals surface area contributed by atoms with E-state index in [9.17, 15) is 0 Å². The maximum absolute atomic E-state index is 6.21. The van der Waals surface area contributed by atoms with E-state index in [0.29, 0.717) is 6.61 Å². The Kier molecular flexibility index (Phi) is 6.97. The lowest BCUT2D eigenvalue weighted by Gasteiger charge is -2.36. The van der Waals surface area contributed by atoms with Crippen LogP contribution in [0, 0.1) is 0 Å². The summed E-state index contributed by atoms with van der Waals surface area (Å²) in [6.07, 6.45) is 1.03. The number of nitrogens with zero attached hydrogens (tertiary/aromatic N) is 2. The topological polar surface area (TPSA) is 43.4 Å². The average molecular weight is 481 g/mol. The average Bonchev–Trinajstić information content (AvgIpc) is 3.35. The van der Waals surface area contributed by atoms with Crippen molar-refractivity contribution in [2.75, 3.05) is 51.5 Å². The summed E-state index contributed by atoms with van der Waals surface area (Å²) >= 11 is 6.21. The first-order valence-corrected chi connectivity index (χ1v) is 12.0. The van der Waals surface area contributed by atoms with Crippen LogP contribution in [0.1, 0.15) is 11.1 Å². The zero-order chi connectivity index (χ0) is 23.3. The Balaban J connectivity index is 1.07. The van der Waals surface area contributed by atoms with E-state index >= 15 is 0 Å². The normalized spacial score (nSPS) is 15.4. The number of hydrogen-bond acceptors (Lipinski definition) is 6. The molecular weight excluding hydrogens is 452 g/mol. The molecule has 6 nitrogen and oxygen atoms in total. The van der Waals surface area contributed by atoms with Gasteiger partial charge in [0.05, 0.1) is 12.8 Å². The first-order valence-electron chi connectivity index (χ1n) is 11.6. The van der Waals surface area contributed by atoms with E-state index in [1.165, 1.54) is 5.56 Å². The Hall–Kier alpha value is -3.09. The summed E-state index contributed by atoms with van der Waals surface area (Å²) in [4.78, 5) is 4.88. The Bertz CT molecular complexity index is 1110. The number of benzene rings is 3. The van der Waals surface area contributed by atoms with Gasteiger partial charge in [-0.05, 0) is 47.9 Å². The van der Waals surface area contributed by atoms with Gasteiger partial charge in [0.1, 0.15) is 18.1 Å². The summed E-state index contributed by atoms with van der Waals surface area (Å²) in [5.41, 5.74) is 3.56. The van der Waals surface area contributed by atoms with Crippen LogP contribution in [-0.4, -0.2) is 51.5 Å². The van der Waals surface area contributed by atoms with Crippen molar-refractivity contribution in [1.82, 2.24) is 4.90 Å². The van der Waals surface area contributed by atoms with Crippen molar-refractivity contribution in [3.05, 3.63) is 76.8 Å². The summed E-state index contributed by atoms with van der Waals surface area (Å²) in [5.74, 6) is 3.16. The highest BCUT2D eigenvalue weighted by Crippen LogP contribution is 2.35. The van der Waals surface area contributed by atoms with Gasteiger partial charge in [-0.1, -0.05) is 35.9 Å². The van der Waals surface area contributed by atoms with Gasteiger partial charge in [-0.15, -0.1) is 0 Å². The molecule has 0 N–H and O–H groups in total. The van der Waals surface area contributed by atoms with Crippen LogP contribution < -0.4 is 23.8 Å². The minimum absolute atomic E-state index is 0.270. The number of halogens is 1. The number of rotatable bonds is 8. The van der Waals surface area contributed by atoms with Crippen LogP contribution >= 0.6 is 11.6 Å². The molecule has 0 atom stereocenters. The van der Waals surface area contributed by atoms with Crippen LogP contribution in [0.3, 0.4) is 0 Å². The van der Waals surface area contributed by atoms with Crippen LogP contribution in [0.25, 0.3) is 0 Å². The lowest BCUT2D eigenvalue weighted by molar-refractivity contribution is 0.173. The van der Waals surface area contributed by atoms with Crippen molar-refractivity contribution in [3.63, 3.8) is 0 Å². The second-order valence-electron chi connectivity index (χ2n) is 8.52. The fraction of sp³-hybridized carbons (Fsp3) is 0.333. The molecule has 34 heavy (non-hydrogen) atoms. The first-order chi connectivity index (χ1) is 16.7. The molecule has 3 aromatic carbocycles. The van der Waals surface area contributed by atoms with E-state index in [1.54, 1.807) is 7.11 Å². The molecule has 5 rings (SSSR count). The highest BCUT2D eigenvalue weighted by atomic mass is 35.5. The minimum Gasteiger partial charge on any atom is -0.495 e. The van der Waals surface area contributed by atoms with E-state index in [-0.39, 0.29) is 6.79 Å². The SMILES string of the molecule is COc1ccc(Cl)cc1N1CCN(CCc2ccc(COc3ccc4c(c3)OCO4)cc2)CC1. The van der Waals surface area contributed by atoms with E-state index in [2.05, 4.69) is 34.1 Å². The van der Waals surface area contributed by atoms with E-state index in [1.807, 2.05) is 36.4 Å². The van der Waals surface area contributed by atoms with E-state index in [4.69, 9.17) is 30.5 Å². The molecule has 0 bridgehead atoms. The van der Waals surface area contributed by atoms with Gasteiger partial charge in [0.2, 0.25) is 6.79 Å². The fourth-order valence-corrected chi connectivity index (χ4v) is 4.51. The number of ether oxygens (including phenoxy) is 4. The Labute approximate surface area is 205 Å². The maximum atomic E-state index is 6.21. The van der Waals surface area contributed by atoms with Gasteiger partial charge in [-0.2, -0.15) is 0 Å². The molecule has 178 valence electrons. The van der Waals surface area contributed by atoms with Crippen LogP contribution in [0.4, 0.5) is 5.69 Å². The van der Waals surface area contributed by atoms with Crippen molar-refractivity contribution in [3.8, 4) is 23.0 Å². The van der Waals surface area contributed by atoms with Crippen molar-refractivity contribution in [1.29, 1.82) is 0 Å². The summed E-state index contributed by atoms with van der Waals surface area (Å²) in [5, 5.41) is 0.739. The molecule has 1 fully saturated rings. The summed E-state index contributed by atoms with van der Waals surface area (Å²) in [6.45, 7) is 5.82. The Morgan fingerprint density at radius 3 is 2.41 bits per heavy atom. The molecule has 2 aliphatic rings. The predicted molar refractivity (Wildman–Crippen MR) is 134 cm³/mol. The second-order valence-corrected chi connectivity index (χ2v) is 8.95. The fourth-order valence-electron chi connectivity index (χ4n) is 4.35. The molecule has 0 amide bonds. The Morgan fingerprint density at radius 2 is 1.62 bits per heavy atom. The molecule has 3 aromatic rings. The molecule has 0 spiro atoms. The third-order valence-electron chi connectivity index (χ3n) is 6.34. The number of methoxy groups -OCH3 is 1. The molecule has 0 aliphatic carbocycles. The number of anilines is 1. The molecule has 0 aromatic heterocycles. The molecule has 7 heteroatoms. The van der Waals surface area contributed by atoms with Crippen molar-refractivity contribution < 1.29 is 18.9 Å². The van der Waals surface area contributed by atoms with Gasteiger partial charge in [0, 0.05) is 43.8 Å². The molecule has 0 saturated carbocycles. The van der Waals surface area contributed by atoms with Gasteiger partial charge in [-0.3, -0.25) is 4.90 Å². The van der Waals surface area contributed by atoms with Crippen molar-refractivity contribution in [2.45, 2.75) is 13.0 Å². The molecule has 0 radical (unpaired) electrons. The third-order valence-corrected chi connectivity index (χ3v) is 6.58. The summed E-state index contributed by atoms with van der Waals surface area (Å²) < 4.78 is 22.2. The summed E-state index contributed by atoms with van der Waals surface area (Å²) in [7, 11) is 1.71. The highest BCUT2D eigenvalue weighted by molar-refractivity contribution is 6.30. The monoisotopic (exact) mass is 480 g/mol. The number of piperazine rings is 1. The Morgan fingerprint density at radius 1 is 0.853 bits per heavy atom. The van der Waals surface area contributed by atoms with Gasteiger partial charge in [0.25, 0.3) is 0 Å². The van der Waals surface area contributed by atoms with Crippen molar-refractivity contribution >= 4 is 17.3 Å². The lowest BCUT2D eigenvalue weighted by Crippen LogP contribution is -2.47. The number of fused-ring (bicyclic) bond motifs is 1. The first kappa shape index (κ1) is 22.7. The van der Waals surface area contributed by atoms with Crippen LogP contribution in [0.15, 0.2) is 60.7 Å². The predicted octanol–water partition coefficient (Wildman–Crippen LogP) is 5.02.